The van der Waals surface area contributed by atoms with Crippen LogP contribution in [0, 0.1) is 17.1 Å². The van der Waals surface area contributed by atoms with Gasteiger partial charge >= 0.3 is 0 Å². The highest BCUT2D eigenvalue weighted by Gasteiger charge is 2.24. The van der Waals surface area contributed by atoms with E-state index in [4.69, 9.17) is 5.26 Å². The minimum absolute atomic E-state index is 0.0766. The summed E-state index contributed by atoms with van der Waals surface area (Å²) < 4.78 is 16.0. The molecule has 3 heteroatoms. The molecule has 0 fully saturated rings. The van der Waals surface area contributed by atoms with Crippen molar-refractivity contribution in [2.75, 3.05) is 0 Å². The summed E-state index contributed by atoms with van der Waals surface area (Å²) >= 11 is 0. The van der Waals surface area contributed by atoms with E-state index in [0.29, 0.717) is 11.1 Å². The summed E-state index contributed by atoms with van der Waals surface area (Å²) in [6.45, 7) is 0. The largest absolute Gasteiger partial charge is 0.344 e. The summed E-state index contributed by atoms with van der Waals surface area (Å²) in [5.41, 5.74) is 2.30. The number of aromatic nitrogens is 1. The molecule has 0 bridgehead atoms. The Morgan fingerprint density at radius 1 is 1.35 bits per heavy atom. The van der Waals surface area contributed by atoms with Gasteiger partial charge < -0.3 is 4.57 Å². The van der Waals surface area contributed by atoms with Crippen LogP contribution < -0.4 is 0 Å². The molecule has 0 radical (unpaired) electrons. The molecule has 17 heavy (non-hydrogen) atoms. The lowest BCUT2D eigenvalue weighted by Gasteiger charge is -2.14. The number of fused-ring (bicyclic) bond motifs is 1. The molecule has 1 aromatic heterocycles. The monoisotopic (exact) mass is 226 g/mol. The van der Waals surface area contributed by atoms with Crippen molar-refractivity contribution in [3.05, 3.63) is 59.2 Å². The third-order valence-electron chi connectivity index (χ3n) is 3.37. The van der Waals surface area contributed by atoms with E-state index >= 15 is 0 Å². The first kappa shape index (κ1) is 10.1. The fraction of sp³-hybridized carbons (Fsp3) is 0.214. The van der Waals surface area contributed by atoms with Crippen LogP contribution in [-0.4, -0.2) is 4.57 Å². The van der Waals surface area contributed by atoms with Crippen LogP contribution in [0.2, 0.25) is 0 Å². The minimum Gasteiger partial charge on any atom is -0.344 e. The van der Waals surface area contributed by atoms with Crippen LogP contribution in [0.15, 0.2) is 36.5 Å². The van der Waals surface area contributed by atoms with Crippen LogP contribution in [0.4, 0.5) is 4.39 Å². The van der Waals surface area contributed by atoms with Crippen molar-refractivity contribution >= 4 is 0 Å². The summed E-state index contributed by atoms with van der Waals surface area (Å²) in [7, 11) is 0. The van der Waals surface area contributed by atoms with Crippen LogP contribution in [0.25, 0.3) is 0 Å². The van der Waals surface area contributed by atoms with E-state index in [1.165, 1.54) is 11.8 Å². The molecule has 1 aliphatic rings. The molecule has 2 aromatic rings. The zero-order valence-electron chi connectivity index (χ0n) is 9.23. The fourth-order valence-electron chi connectivity index (χ4n) is 2.54. The molecule has 2 heterocycles. The number of aryl methyl sites for hydroxylation is 1. The van der Waals surface area contributed by atoms with Crippen LogP contribution in [0.5, 0.6) is 0 Å². The van der Waals surface area contributed by atoms with Gasteiger partial charge in [0, 0.05) is 17.5 Å². The highest BCUT2D eigenvalue weighted by atomic mass is 19.1. The molecule has 0 aliphatic carbocycles. The zero-order valence-corrected chi connectivity index (χ0v) is 9.23. The Morgan fingerprint density at radius 2 is 2.24 bits per heavy atom. The van der Waals surface area contributed by atoms with Gasteiger partial charge in [0.15, 0.2) is 0 Å². The fourth-order valence-corrected chi connectivity index (χ4v) is 2.54. The topological polar surface area (TPSA) is 28.7 Å². The van der Waals surface area contributed by atoms with Gasteiger partial charge in [-0.1, -0.05) is 6.07 Å². The van der Waals surface area contributed by atoms with Crippen molar-refractivity contribution in [2.24, 2.45) is 0 Å². The molecule has 1 atom stereocenters. The molecule has 1 aromatic carbocycles. The van der Waals surface area contributed by atoms with Crippen LogP contribution in [-0.2, 0) is 6.42 Å². The maximum Gasteiger partial charge on any atom is 0.129 e. The Hall–Kier alpha value is -2.08. The summed E-state index contributed by atoms with van der Waals surface area (Å²) in [5.74, 6) is -0.282. The zero-order chi connectivity index (χ0) is 11.8. The van der Waals surface area contributed by atoms with E-state index in [-0.39, 0.29) is 11.9 Å². The Kier molecular flexibility index (Phi) is 2.22. The maximum atomic E-state index is 13.9. The number of rotatable bonds is 1. The lowest BCUT2D eigenvalue weighted by atomic mass is 10.0. The lowest BCUT2D eigenvalue weighted by Crippen LogP contribution is -2.06. The molecule has 0 saturated carbocycles. The van der Waals surface area contributed by atoms with Gasteiger partial charge in [0.2, 0.25) is 0 Å². The third-order valence-corrected chi connectivity index (χ3v) is 3.37. The molecule has 3 rings (SSSR count). The highest BCUT2D eigenvalue weighted by Crippen LogP contribution is 2.33. The highest BCUT2D eigenvalue weighted by molar-refractivity contribution is 5.35. The van der Waals surface area contributed by atoms with Crippen LogP contribution in [0.3, 0.4) is 0 Å². The third kappa shape index (κ3) is 1.53. The number of halogens is 1. The molecular weight excluding hydrogens is 215 g/mol. The van der Waals surface area contributed by atoms with Crippen LogP contribution >= 0.6 is 0 Å². The predicted octanol–water partition coefficient (Wildman–Crippen LogP) is 3.03. The molecule has 84 valence electrons. The van der Waals surface area contributed by atoms with Gasteiger partial charge in [0.05, 0.1) is 17.7 Å². The first-order valence-corrected chi connectivity index (χ1v) is 5.65. The molecule has 0 spiro atoms. The molecule has 2 nitrogen and oxygen atoms in total. The molecule has 0 amide bonds. The average molecular weight is 226 g/mol. The van der Waals surface area contributed by atoms with Crippen molar-refractivity contribution in [1.82, 2.24) is 4.57 Å². The Bertz CT molecular complexity index is 607. The van der Waals surface area contributed by atoms with E-state index in [9.17, 15) is 4.39 Å². The molecule has 1 aliphatic heterocycles. The SMILES string of the molecule is N#Cc1ccc(C2CCc3cccn32)c(F)c1. The van der Waals surface area contributed by atoms with Gasteiger partial charge in [-0.3, -0.25) is 0 Å². The van der Waals surface area contributed by atoms with E-state index in [2.05, 4.69) is 10.6 Å². The van der Waals surface area contributed by atoms with Crippen molar-refractivity contribution in [3.63, 3.8) is 0 Å². The Morgan fingerprint density at radius 3 is 3.00 bits per heavy atom. The molecular formula is C14H11FN2. The standard InChI is InChI=1S/C14H11FN2/c15-13-8-10(9-16)3-5-12(13)14-6-4-11-2-1-7-17(11)14/h1-3,5,7-8,14H,4,6H2. The predicted molar refractivity (Wildman–Crippen MR) is 62.0 cm³/mol. The number of hydrogen-bond donors (Lipinski definition) is 0. The maximum absolute atomic E-state index is 13.9. The summed E-state index contributed by atoms with van der Waals surface area (Å²) in [4.78, 5) is 0. The van der Waals surface area contributed by atoms with Gasteiger partial charge in [-0.15, -0.1) is 0 Å². The van der Waals surface area contributed by atoms with Gasteiger partial charge in [-0.2, -0.15) is 5.26 Å². The second-order valence-corrected chi connectivity index (χ2v) is 4.31. The van der Waals surface area contributed by atoms with Crippen molar-refractivity contribution < 1.29 is 4.39 Å². The number of nitriles is 1. The van der Waals surface area contributed by atoms with Crippen molar-refractivity contribution in [2.45, 2.75) is 18.9 Å². The normalized spacial score (nSPS) is 17.8. The van der Waals surface area contributed by atoms with E-state index in [1.807, 2.05) is 18.3 Å². The minimum atomic E-state index is -0.282. The van der Waals surface area contributed by atoms with Crippen LogP contribution in [0.1, 0.15) is 29.3 Å². The molecule has 0 saturated heterocycles. The smallest absolute Gasteiger partial charge is 0.129 e. The molecule has 1 unspecified atom stereocenters. The van der Waals surface area contributed by atoms with Gasteiger partial charge in [0.1, 0.15) is 5.82 Å². The first-order valence-electron chi connectivity index (χ1n) is 5.65. The second-order valence-electron chi connectivity index (χ2n) is 4.31. The Balaban J connectivity index is 2.05. The summed E-state index contributed by atoms with van der Waals surface area (Å²) in [6.07, 6.45) is 3.90. The van der Waals surface area contributed by atoms with E-state index in [0.717, 1.165) is 12.8 Å². The summed E-state index contributed by atoms with van der Waals surface area (Å²) in [6, 6.07) is 10.8. The number of nitrogens with zero attached hydrogens (tertiary/aromatic N) is 2. The van der Waals surface area contributed by atoms with Gasteiger partial charge in [-0.05, 0) is 37.1 Å². The van der Waals surface area contributed by atoms with Crippen molar-refractivity contribution in [3.8, 4) is 6.07 Å². The lowest BCUT2D eigenvalue weighted by molar-refractivity contribution is 0.547. The second kappa shape index (κ2) is 3.74. The number of hydrogen-bond acceptors (Lipinski definition) is 1. The van der Waals surface area contributed by atoms with Gasteiger partial charge in [0.25, 0.3) is 0 Å². The molecule has 0 N–H and O–H groups in total. The summed E-state index contributed by atoms with van der Waals surface area (Å²) in [5, 5.41) is 8.72. The quantitative estimate of drug-likeness (QED) is 0.734. The van der Waals surface area contributed by atoms with Gasteiger partial charge in [-0.25, -0.2) is 4.39 Å². The van der Waals surface area contributed by atoms with E-state index in [1.54, 1.807) is 12.1 Å². The van der Waals surface area contributed by atoms with E-state index < -0.39 is 0 Å². The van der Waals surface area contributed by atoms with Crippen molar-refractivity contribution in [1.29, 1.82) is 5.26 Å². The number of benzene rings is 1. The Labute approximate surface area is 98.9 Å². The average Bonchev–Trinajstić information content (AvgIpc) is 2.91. The first-order chi connectivity index (χ1) is 8.29.